The first-order chi connectivity index (χ1) is 13.1. The monoisotopic (exact) mass is 369 g/mol. The summed E-state index contributed by atoms with van der Waals surface area (Å²) in [6, 6.07) is 7.28. The molecule has 1 aliphatic heterocycles. The van der Waals surface area contributed by atoms with E-state index in [0.29, 0.717) is 5.92 Å². The number of H-pyrrole nitrogens is 1. The molecule has 6 heteroatoms. The molecule has 0 aromatic carbocycles. The maximum absolute atomic E-state index is 13.0. The van der Waals surface area contributed by atoms with Crippen molar-refractivity contribution in [1.82, 2.24) is 9.97 Å². The van der Waals surface area contributed by atoms with Crippen LogP contribution in [-0.2, 0) is 6.42 Å². The highest BCUT2D eigenvalue weighted by Crippen LogP contribution is 2.31. The molecule has 1 saturated heterocycles. The van der Waals surface area contributed by atoms with E-state index in [1.165, 1.54) is 18.0 Å². The van der Waals surface area contributed by atoms with Crippen LogP contribution >= 0.6 is 0 Å². The van der Waals surface area contributed by atoms with Gasteiger partial charge in [0, 0.05) is 30.0 Å². The molecular weight excluding hydrogens is 343 g/mol. The van der Waals surface area contributed by atoms with Gasteiger partial charge < -0.3 is 9.88 Å². The first-order valence-corrected chi connectivity index (χ1v) is 9.82. The third kappa shape index (κ3) is 3.80. The molecule has 2 aliphatic rings. The Morgan fingerprint density at radius 2 is 2.07 bits per heavy atom. The zero-order valence-electron chi connectivity index (χ0n) is 15.7. The van der Waals surface area contributed by atoms with Crippen LogP contribution in [0.3, 0.4) is 0 Å². The van der Waals surface area contributed by atoms with Crippen LogP contribution in [0.2, 0.25) is 0 Å². The smallest absolute Gasteiger partial charge is 0.251 e. The fourth-order valence-electron chi connectivity index (χ4n) is 4.22. The van der Waals surface area contributed by atoms with Gasteiger partial charge in [-0.2, -0.15) is 0 Å². The van der Waals surface area contributed by atoms with Gasteiger partial charge in [-0.05, 0) is 31.0 Å². The first-order valence-electron chi connectivity index (χ1n) is 9.82. The van der Waals surface area contributed by atoms with Gasteiger partial charge in [0.1, 0.15) is 11.6 Å². The van der Waals surface area contributed by atoms with Gasteiger partial charge in [-0.15, -0.1) is 0 Å². The summed E-state index contributed by atoms with van der Waals surface area (Å²) in [5, 5.41) is 0. The van der Waals surface area contributed by atoms with Crippen molar-refractivity contribution in [3.05, 3.63) is 57.9 Å². The number of hydrogen-bond donors (Lipinski definition) is 1. The predicted octanol–water partition coefficient (Wildman–Crippen LogP) is 2.71. The Hall–Kier alpha value is -2.50. The lowest BCUT2D eigenvalue weighted by atomic mass is 10.0. The Kier molecular flexibility index (Phi) is 5.05. The molecule has 0 amide bonds. The average molecular weight is 369 g/mol. The number of aryl methyl sites for hydroxylation is 1. The fourth-order valence-corrected chi connectivity index (χ4v) is 4.22. The molecule has 5 nitrogen and oxygen atoms in total. The van der Waals surface area contributed by atoms with E-state index in [-0.39, 0.29) is 11.4 Å². The number of aromatic amines is 1. The largest absolute Gasteiger partial charge is 0.344 e. The maximum atomic E-state index is 13.0. The van der Waals surface area contributed by atoms with Gasteiger partial charge in [0.25, 0.3) is 5.56 Å². The fraction of sp³-hybridized carbons (Fsp3) is 0.476. The number of aromatic nitrogens is 2. The quantitative estimate of drug-likeness (QED) is 0.847. The van der Waals surface area contributed by atoms with Crippen LogP contribution in [0.5, 0.6) is 0 Å². The Labute approximate surface area is 158 Å². The van der Waals surface area contributed by atoms with Gasteiger partial charge >= 0.3 is 0 Å². The summed E-state index contributed by atoms with van der Waals surface area (Å²) in [6.45, 7) is 5.73. The lowest BCUT2D eigenvalue weighted by Gasteiger charge is -2.27. The molecule has 3 heterocycles. The third-order valence-electron chi connectivity index (χ3n) is 5.86. The van der Waals surface area contributed by atoms with Gasteiger partial charge in [0.05, 0.1) is 19.3 Å². The Balaban J connectivity index is 1.41. The lowest BCUT2D eigenvalue weighted by Crippen LogP contribution is -2.44. The summed E-state index contributed by atoms with van der Waals surface area (Å²) in [5.74, 6) is 0.962. The molecule has 0 bridgehead atoms. The number of piperazine rings is 1. The van der Waals surface area contributed by atoms with Crippen molar-refractivity contribution in [3.63, 3.8) is 0 Å². The molecule has 2 aromatic rings. The molecule has 1 N–H and O–H groups in total. The summed E-state index contributed by atoms with van der Waals surface area (Å²) in [4.78, 5) is 21.6. The molecule has 27 heavy (non-hydrogen) atoms. The number of pyridine rings is 2. The van der Waals surface area contributed by atoms with Crippen LogP contribution in [-0.4, -0.2) is 46.4 Å². The highest BCUT2D eigenvalue weighted by Gasteiger charge is 2.31. The third-order valence-corrected chi connectivity index (χ3v) is 5.86. The van der Waals surface area contributed by atoms with E-state index in [0.717, 1.165) is 68.9 Å². The van der Waals surface area contributed by atoms with Gasteiger partial charge in [-0.25, -0.2) is 13.9 Å². The van der Waals surface area contributed by atoms with Crippen LogP contribution in [0.1, 0.15) is 43.4 Å². The van der Waals surface area contributed by atoms with Gasteiger partial charge in [0.2, 0.25) is 0 Å². The van der Waals surface area contributed by atoms with Crippen LogP contribution in [0.25, 0.3) is 0 Å². The standard InChI is InChI=1S/C21H25FN4O/c1-2-15-4-7-19(24-21(15)27)16-3-6-18(13-16)25-9-11-26(12-10-25)20-8-5-17(22)14-23-20/h4-5,7-8,14,16H,2-3,6,9-13H2,1H3/p+1/t16-/m1/s1. The average Bonchev–Trinajstić information content (AvgIpc) is 3.19. The van der Waals surface area contributed by atoms with E-state index in [4.69, 9.17) is 0 Å². The number of hydrogen-bond acceptors (Lipinski definition) is 3. The SMILES string of the molecule is CCc1ccc([C@@H]2CCC(=[N+]3CCN(c4ccc(F)cn4)CC3)C2)[nH]c1=O. The van der Waals surface area contributed by atoms with E-state index in [2.05, 4.69) is 25.5 Å². The topological polar surface area (TPSA) is 52.0 Å². The summed E-state index contributed by atoms with van der Waals surface area (Å²) >= 11 is 0. The number of halogens is 1. The van der Waals surface area contributed by atoms with Gasteiger partial charge in [-0.1, -0.05) is 13.0 Å². The number of nitrogens with one attached hydrogen (secondary N) is 1. The minimum Gasteiger partial charge on any atom is -0.344 e. The Morgan fingerprint density at radius 1 is 1.26 bits per heavy atom. The van der Waals surface area contributed by atoms with Crippen molar-refractivity contribution in [3.8, 4) is 0 Å². The number of rotatable bonds is 3. The second kappa shape index (κ2) is 7.62. The normalized spacial score (nSPS) is 20.4. The van der Waals surface area contributed by atoms with Crippen molar-refractivity contribution in [2.45, 2.75) is 38.5 Å². The minimum absolute atomic E-state index is 0.0591. The second-order valence-corrected chi connectivity index (χ2v) is 7.44. The van der Waals surface area contributed by atoms with Crippen LogP contribution in [0, 0.1) is 5.82 Å². The van der Waals surface area contributed by atoms with Crippen molar-refractivity contribution in [1.29, 1.82) is 0 Å². The van der Waals surface area contributed by atoms with Crippen molar-refractivity contribution in [2.24, 2.45) is 0 Å². The predicted molar refractivity (Wildman–Crippen MR) is 104 cm³/mol. The van der Waals surface area contributed by atoms with Crippen molar-refractivity contribution >= 4 is 11.5 Å². The molecule has 4 rings (SSSR count). The van der Waals surface area contributed by atoms with Gasteiger partial charge in [0.15, 0.2) is 18.8 Å². The summed E-state index contributed by atoms with van der Waals surface area (Å²) in [7, 11) is 0. The molecule has 2 aromatic heterocycles. The Bertz CT molecular complexity index is 893. The minimum atomic E-state index is -0.296. The van der Waals surface area contributed by atoms with Crippen LogP contribution in [0.4, 0.5) is 10.2 Å². The van der Waals surface area contributed by atoms with E-state index in [9.17, 15) is 9.18 Å². The maximum Gasteiger partial charge on any atom is 0.251 e. The molecule has 1 atom stereocenters. The number of anilines is 1. The van der Waals surface area contributed by atoms with Crippen LogP contribution < -0.4 is 10.5 Å². The van der Waals surface area contributed by atoms with E-state index in [1.54, 1.807) is 6.07 Å². The highest BCUT2D eigenvalue weighted by atomic mass is 19.1. The van der Waals surface area contributed by atoms with Crippen LogP contribution in [0.15, 0.2) is 35.3 Å². The molecule has 1 aliphatic carbocycles. The summed E-state index contributed by atoms with van der Waals surface area (Å²) < 4.78 is 15.5. The van der Waals surface area contributed by atoms with E-state index in [1.807, 2.05) is 13.0 Å². The number of nitrogens with zero attached hydrogens (tertiary/aromatic N) is 3. The molecule has 0 spiro atoms. The highest BCUT2D eigenvalue weighted by molar-refractivity contribution is 5.83. The molecular formula is C21H26FN4O+. The molecule has 2 fully saturated rings. The van der Waals surface area contributed by atoms with Gasteiger partial charge in [-0.3, -0.25) is 4.79 Å². The Morgan fingerprint density at radius 3 is 2.74 bits per heavy atom. The van der Waals surface area contributed by atoms with E-state index < -0.39 is 0 Å². The van der Waals surface area contributed by atoms with Crippen molar-refractivity contribution in [2.75, 3.05) is 31.1 Å². The first kappa shape index (κ1) is 17.9. The zero-order valence-corrected chi connectivity index (χ0v) is 15.7. The summed E-state index contributed by atoms with van der Waals surface area (Å²) in [6.07, 6.45) is 5.26. The molecule has 0 radical (unpaired) electrons. The van der Waals surface area contributed by atoms with E-state index >= 15 is 0 Å². The van der Waals surface area contributed by atoms with Crippen molar-refractivity contribution < 1.29 is 8.97 Å². The molecule has 0 unspecified atom stereocenters. The zero-order chi connectivity index (χ0) is 18.8. The molecule has 142 valence electrons. The second-order valence-electron chi connectivity index (χ2n) is 7.44. The summed E-state index contributed by atoms with van der Waals surface area (Å²) in [5.41, 5.74) is 3.48. The molecule has 1 saturated carbocycles. The lowest BCUT2D eigenvalue weighted by molar-refractivity contribution is -0.531.